The number of aliphatic hydroxyl groups is 2. The van der Waals surface area contributed by atoms with E-state index in [0.29, 0.717) is 40.5 Å². The Bertz CT molecular complexity index is 1590. The zero-order valence-corrected chi connectivity index (χ0v) is 25.7. The number of aliphatic hydroxyl groups excluding tert-OH is 1. The number of hydrogen-bond acceptors (Lipinski definition) is 7. The zero-order valence-electron chi connectivity index (χ0n) is 25.7. The van der Waals surface area contributed by atoms with E-state index in [4.69, 9.17) is 9.47 Å². The van der Waals surface area contributed by atoms with Gasteiger partial charge in [-0.05, 0) is 73.0 Å². The van der Waals surface area contributed by atoms with E-state index in [2.05, 4.69) is 5.32 Å². The second-order valence-electron chi connectivity index (χ2n) is 11.4. The Morgan fingerprint density at radius 1 is 1.07 bits per heavy atom. The van der Waals surface area contributed by atoms with Gasteiger partial charge >= 0.3 is 0 Å². The summed E-state index contributed by atoms with van der Waals surface area (Å²) in [5.74, 6) is -0.395. The summed E-state index contributed by atoms with van der Waals surface area (Å²) in [7, 11) is 3.08. The molecule has 2 aliphatic rings. The summed E-state index contributed by atoms with van der Waals surface area (Å²) in [4.78, 5) is 42.9. The summed E-state index contributed by atoms with van der Waals surface area (Å²) in [5.41, 5.74) is 0.855. The van der Waals surface area contributed by atoms with Crippen molar-refractivity contribution in [3.05, 3.63) is 95.6 Å². The van der Waals surface area contributed by atoms with E-state index in [1.165, 1.54) is 12.0 Å². The van der Waals surface area contributed by atoms with Crippen LogP contribution in [0.15, 0.2) is 78.9 Å². The molecule has 5 rings (SSSR count). The lowest BCUT2D eigenvalue weighted by Gasteiger charge is -2.28. The van der Waals surface area contributed by atoms with Gasteiger partial charge in [-0.3, -0.25) is 14.4 Å². The molecule has 3 aromatic carbocycles. The van der Waals surface area contributed by atoms with Gasteiger partial charge in [0.2, 0.25) is 5.91 Å². The molecular weight excluding hydrogens is 574 g/mol. The minimum absolute atomic E-state index is 0.0630. The number of likely N-dealkylation sites (tertiary alicyclic amines) is 1. The van der Waals surface area contributed by atoms with Crippen molar-refractivity contribution in [3.8, 4) is 11.5 Å². The van der Waals surface area contributed by atoms with Gasteiger partial charge in [-0.1, -0.05) is 31.2 Å². The Balaban J connectivity index is 1.34. The van der Waals surface area contributed by atoms with E-state index in [1.54, 1.807) is 91.7 Å². The number of benzene rings is 3. The van der Waals surface area contributed by atoms with Crippen LogP contribution in [0.2, 0.25) is 0 Å². The Morgan fingerprint density at radius 2 is 1.80 bits per heavy atom. The Labute approximate surface area is 262 Å². The molecule has 236 valence electrons. The highest BCUT2D eigenvalue weighted by atomic mass is 16.5. The van der Waals surface area contributed by atoms with Gasteiger partial charge in [0.25, 0.3) is 11.8 Å². The molecule has 0 unspecified atom stereocenters. The van der Waals surface area contributed by atoms with E-state index in [1.807, 2.05) is 6.07 Å². The highest BCUT2D eigenvalue weighted by Gasteiger charge is 2.52. The number of ether oxygens (including phenoxy) is 2. The molecular formula is C35H39N3O7. The van der Waals surface area contributed by atoms with Crippen LogP contribution in [0.3, 0.4) is 0 Å². The third-order valence-corrected chi connectivity index (χ3v) is 8.64. The molecule has 3 aromatic rings. The number of methoxy groups -OCH3 is 2. The summed E-state index contributed by atoms with van der Waals surface area (Å²) in [6.07, 6.45) is 5.12. The maximum absolute atomic E-state index is 14.0. The smallest absolute Gasteiger partial charge is 0.264 e. The number of carbonyl (C=O) groups excluding carboxylic acids is 3. The van der Waals surface area contributed by atoms with E-state index in [0.717, 1.165) is 18.4 Å². The molecule has 2 aliphatic heterocycles. The average Bonchev–Trinajstić information content (AvgIpc) is 3.63. The fourth-order valence-corrected chi connectivity index (χ4v) is 6.07. The summed E-state index contributed by atoms with van der Waals surface area (Å²) in [6.45, 7) is 2.45. The van der Waals surface area contributed by atoms with Crippen LogP contribution in [0.5, 0.6) is 11.5 Å². The molecule has 10 heteroatoms. The second-order valence-corrected chi connectivity index (χ2v) is 11.4. The molecule has 3 atom stereocenters. The molecule has 1 saturated heterocycles. The van der Waals surface area contributed by atoms with E-state index < -0.39 is 17.4 Å². The summed E-state index contributed by atoms with van der Waals surface area (Å²) < 4.78 is 10.6. The van der Waals surface area contributed by atoms with E-state index >= 15 is 0 Å². The predicted octanol–water partition coefficient (Wildman–Crippen LogP) is 4.26. The number of hydrogen-bond donors (Lipinski definition) is 3. The number of anilines is 2. The van der Waals surface area contributed by atoms with Crippen LogP contribution in [-0.4, -0.2) is 66.2 Å². The maximum atomic E-state index is 14.0. The van der Waals surface area contributed by atoms with Gasteiger partial charge in [-0.2, -0.15) is 0 Å². The first-order valence-corrected chi connectivity index (χ1v) is 15.0. The molecule has 45 heavy (non-hydrogen) atoms. The topological polar surface area (TPSA) is 129 Å². The highest BCUT2D eigenvalue weighted by molar-refractivity contribution is 6.07. The van der Waals surface area contributed by atoms with Crippen molar-refractivity contribution < 1.29 is 34.1 Å². The lowest BCUT2D eigenvalue weighted by Crippen LogP contribution is -2.44. The molecule has 0 aromatic heterocycles. The van der Waals surface area contributed by atoms with Gasteiger partial charge in [0.05, 0.1) is 39.1 Å². The molecule has 1 fully saturated rings. The predicted molar refractivity (Wildman–Crippen MR) is 170 cm³/mol. The molecule has 0 aliphatic carbocycles. The molecule has 3 N–H and O–H groups in total. The van der Waals surface area contributed by atoms with Crippen LogP contribution >= 0.6 is 0 Å². The van der Waals surface area contributed by atoms with Crippen LogP contribution in [0, 0.1) is 5.92 Å². The van der Waals surface area contributed by atoms with Crippen molar-refractivity contribution in [2.45, 2.75) is 44.4 Å². The highest BCUT2D eigenvalue weighted by Crippen LogP contribution is 2.47. The molecule has 2 heterocycles. The normalized spacial score (nSPS) is 19.9. The summed E-state index contributed by atoms with van der Waals surface area (Å²) >= 11 is 0. The van der Waals surface area contributed by atoms with Gasteiger partial charge in [0, 0.05) is 35.7 Å². The average molecular weight is 614 g/mol. The van der Waals surface area contributed by atoms with Crippen LogP contribution in [0.25, 0.3) is 0 Å². The maximum Gasteiger partial charge on any atom is 0.264 e. The van der Waals surface area contributed by atoms with E-state index in [-0.39, 0.29) is 37.4 Å². The third-order valence-electron chi connectivity index (χ3n) is 8.64. The van der Waals surface area contributed by atoms with Crippen LogP contribution in [0.4, 0.5) is 11.4 Å². The molecule has 10 nitrogen and oxygen atoms in total. The Kier molecular flexibility index (Phi) is 9.55. The van der Waals surface area contributed by atoms with Gasteiger partial charge in [0.15, 0.2) is 5.60 Å². The molecule has 0 bridgehead atoms. The SMILES string of the molecule is COc1ccc(C(=O)Nc2cccc(CN3C(=O)[C@@](O)([C@@H](C)/C=C/CC(=O)N4CCC[C@H]4CO)c4cc(OC)ccc43)c2)cc1. The van der Waals surface area contributed by atoms with Crippen LogP contribution in [0.1, 0.15) is 47.7 Å². The van der Waals surface area contributed by atoms with Gasteiger partial charge < -0.3 is 34.8 Å². The number of carbonyl (C=O) groups is 3. The number of nitrogens with zero attached hydrogens (tertiary/aromatic N) is 2. The van der Waals surface area contributed by atoms with Crippen molar-refractivity contribution >= 4 is 29.1 Å². The number of rotatable bonds is 11. The lowest BCUT2D eigenvalue weighted by molar-refractivity contribution is -0.139. The minimum atomic E-state index is -1.90. The Morgan fingerprint density at radius 3 is 2.51 bits per heavy atom. The number of amides is 3. The number of nitrogens with one attached hydrogen (secondary N) is 1. The molecule has 0 saturated carbocycles. The largest absolute Gasteiger partial charge is 0.497 e. The first kappa shape index (κ1) is 31.7. The van der Waals surface area contributed by atoms with Crippen molar-refractivity contribution in [1.29, 1.82) is 0 Å². The summed E-state index contributed by atoms with van der Waals surface area (Å²) in [5, 5.41) is 24.5. The first-order valence-electron chi connectivity index (χ1n) is 15.0. The van der Waals surface area contributed by atoms with E-state index in [9.17, 15) is 24.6 Å². The summed E-state index contributed by atoms with van der Waals surface area (Å²) in [6, 6.07) is 19.0. The fraction of sp³-hybridized carbons (Fsp3) is 0.343. The lowest BCUT2D eigenvalue weighted by atomic mass is 9.83. The van der Waals surface area contributed by atoms with Gasteiger partial charge in [-0.15, -0.1) is 0 Å². The van der Waals surface area contributed by atoms with Gasteiger partial charge in [0.1, 0.15) is 11.5 Å². The number of fused-ring (bicyclic) bond motifs is 1. The van der Waals surface area contributed by atoms with Crippen molar-refractivity contribution in [1.82, 2.24) is 4.90 Å². The van der Waals surface area contributed by atoms with Crippen molar-refractivity contribution in [2.24, 2.45) is 5.92 Å². The van der Waals surface area contributed by atoms with Crippen molar-refractivity contribution in [3.63, 3.8) is 0 Å². The quantitative estimate of drug-likeness (QED) is 0.276. The first-order chi connectivity index (χ1) is 21.7. The zero-order chi connectivity index (χ0) is 32.1. The Hall–Kier alpha value is -4.67. The fourth-order valence-electron chi connectivity index (χ4n) is 6.07. The molecule has 0 radical (unpaired) electrons. The third kappa shape index (κ3) is 6.43. The van der Waals surface area contributed by atoms with Crippen LogP contribution in [-0.2, 0) is 21.7 Å². The second kappa shape index (κ2) is 13.5. The van der Waals surface area contributed by atoms with Crippen molar-refractivity contribution in [2.75, 3.05) is 37.6 Å². The molecule has 0 spiro atoms. The van der Waals surface area contributed by atoms with Gasteiger partial charge in [-0.25, -0.2) is 0 Å². The monoisotopic (exact) mass is 613 g/mol. The minimum Gasteiger partial charge on any atom is -0.497 e. The van der Waals surface area contributed by atoms with Crippen LogP contribution < -0.4 is 19.7 Å². The standard InChI is InChI=1S/C35H39N3O7/c1-23(7-4-11-32(40)37-18-6-10-27(37)22-39)35(43)30-20-29(45-3)16-17-31(30)38(34(35)42)21-24-8-5-9-26(19-24)36-33(41)25-12-14-28(44-2)15-13-25/h4-5,7-9,12-17,19-20,23,27,39,43H,6,10-11,18,21-22H2,1-3H3,(H,36,41)/b7-4+/t23-,27-,35+/m0/s1. The molecule has 3 amide bonds.